The van der Waals surface area contributed by atoms with Crippen LogP contribution in [0.3, 0.4) is 0 Å². The predicted octanol–water partition coefficient (Wildman–Crippen LogP) is 2.58. The summed E-state index contributed by atoms with van der Waals surface area (Å²) < 4.78 is 7.11. The molecule has 1 aromatic heterocycles. The smallest absolute Gasteiger partial charge is 0.163 e. The average Bonchev–Trinajstić information content (AvgIpc) is 2.73. The summed E-state index contributed by atoms with van der Waals surface area (Å²) in [5.41, 5.74) is 4.61. The highest BCUT2D eigenvalue weighted by Crippen LogP contribution is 2.32. The van der Waals surface area contributed by atoms with Crippen LogP contribution < -0.4 is 4.74 Å². The third-order valence-electron chi connectivity index (χ3n) is 3.09. The number of rotatable bonds is 2. The van der Waals surface area contributed by atoms with Gasteiger partial charge in [-0.15, -0.1) is 0 Å². The van der Waals surface area contributed by atoms with Gasteiger partial charge in [0, 0.05) is 18.7 Å². The van der Waals surface area contributed by atoms with E-state index in [4.69, 9.17) is 10.00 Å². The topological polar surface area (TPSA) is 50.8 Å². The monoisotopic (exact) mass is 241 g/mol. The van der Waals surface area contributed by atoms with E-state index in [-0.39, 0.29) is 0 Å². The number of aryl methyl sites for hydroxylation is 3. The van der Waals surface area contributed by atoms with Crippen molar-refractivity contribution in [2.24, 2.45) is 7.05 Å². The van der Waals surface area contributed by atoms with Crippen LogP contribution in [0, 0.1) is 25.2 Å². The molecule has 0 aliphatic heterocycles. The minimum Gasteiger partial charge on any atom is -0.496 e. The lowest BCUT2D eigenvalue weighted by atomic mass is 10.0. The Bertz CT molecular complexity index is 635. The molecule has 2 aromatic rings. The van der Waals surface area contributed by atoms with E-state index in [0.29, 0.717) is 5.69 Å². The minimum absolute atomic E-state index is 0.410. The van der Waals surface area contributed by atoms with Gasteiger partial charge in [-0.05, 0) is 37.1 Å². The highest BCUT2D eigenvalue weighted by molar-refractivity contribution is 5.70. The molecule has 18 heavy (non-hydrogen) atoms. The zero-order valence-electron chi connectivity index (χ0n) is 11.0. The molecule has 0 amide bonds. The van der Waals surface area contributed by atoms with Crippen molar-refractivity contribution in [2.75, 3.05) is 7.11 Å². The van der Waals surface area contributed by atoms with Crippen LogP contribution in [-0.2, 0) is 7.05 Å². The molecule has 0 saturated heterocycles. The molecule has 0 radical (unpaired) electrons. The molecule has 0 aliphatic rings. The van der Waals surface area contributed by atoms with Gasteiger partial charge in [0.1, 0.15) is 11.8 Å². The lowest BCUT2D eigenvalue weighted by Gasteiger charge is -2.11. The first kappa shape index (κ1) is 12.2. The molecular weight excluding hydrogens is 226 g/mol. The van der Waals surface area contributed by atoms with Crippen LogP contribution in [0.25, 0.3) is 11.3 Å². The second kappa shape index (κ2) is 4.53. The van der Waals surface area contributed by atoms with Crippen LogP contribution in [-0.4, -0.2) is 16.9 Å². The molecule has 92 valence electrons. The Balaban J connectivity index is 2.66. The fourth-order valence-electron chi connectivity index (χ4n) is 1.93. The molecule has 4 nitrogen and oxygen atoms in total. The maximum atomic E-state index is 8.89. The first-order valence-electron chi connectivity index (χ1n) is 5.66. The number of benzene rings is 1. The molecule has 0 unspecified atom stereocenters. The Morgan fingerprint density at radius 3 is 2.44 bits per heavy atom. The maximum absolute atomic E-state index is 8.89. The van der Waals surface area contributed by atoms with Crippen LogP contribution in [0.2, 0.25) is 0 Å². The van der Waals surface area contributed by atoms with Gasteiger partial charge in [0.2, 0.25) is 0 Å². The lowest BCUT2D eigenvalue weighted by molar-refractivity contribution is 0.415. The van der Waals surface area contributed by atoms with E-state index in [1.807, 2.05) is 26.1 Å². The normalized spacial score (nSPS) is 10.2. The van der Waals surface area contributed by atoms with E-state index in [1.54, 1.807) is 17.9 Å². The number of hydrogen-bond acceptors (Lipinski definition) is 3. The molecule has 1 aromatic carbocycles. The fraction of sp³-hybridized carbons (Fsp3) is 0.286. The summed E-state index contributed by atoms with van der Waals surface area (Å²) in [5, 5.41) is 13.0. The van der Waals surface area contributed by atoms with Gasteiger partial charge in [-0.2, -0.15) is 10.4 Å². The minimum atomic E-state index is 0.410. The SMILES string of the molecule is COc1cc(C)c(C)cc1-c1cc(C#N)nn1C. The van der Waals surface area contributed by atoms with Crippen molar-refractivity contribution in [2.45, 2.75) is 13.8 Å². The van der Waals surface area contributed by atoms with Crippen LogP contribution >= 0.6 is 0 Å². The Hall–Kier alpha value is -2.28. The molecule has 0 spiro atoms. The summed E-state index contributed by atoms with van der Waals surface area (Å²) in [4.78, 5) is 0. The van der Waals surface area contributed by atoms with E-state index >= 15 is 0 Å². The quantitative estimate of drug-likeness (QED) is 0.812. The Morgan fingerprint density at radius 1 is 1.22 bits per heavy atom. The van der Waals surface area contributed by atoms with Crippen LogP contribution in [0.5, 0.6) is 5.75 Å². The molecule has 0 atom stereocenters. The third kappa shape index (κ3) is 1.95. The summed E-state index contributed by atoms with van der Waals surface area (Å²) >= 11 is 0. The van der Waals surface area contributed by atoms with Gasteiger partial charge in [-0.25, -0.2) is 0 Å². The second-order valence-electron chi connectivity index (χ2n) is 4.29. The summed E-state index contributed by atoms with van der Waals surface area (Å²) in [5.74, 6) is 0.797. The average molecular weight is 241 g/mol. The van der Waals surface area contributed by atoms with Crippen molar-refractivity contribution in [1.82, 2.24) is 9.78 Å². The molecule has 0 aliphatic carbocycles. The number of methoxy groups -OCH3 is 1. The van der Waals surface area contributed by atoms with Gasteiger partial charge in [-0.1, -0.05) is 0 Å². The van der Waals surface area contributed by atoms with Crippen molar-refractivity contribution < 1.29 is 4.74 Å². The van der Waals surface area contributed by atoms with Gasteiger partial charge in [-0.3, -0.25) is 4.68 Å². The van der Waals surface area contributed by atoms with Crippen LogP contribution in [0.15, 0.2) is 18.2 Å². The lowest BCUT2D eigenvalue weighted by Crippen LogP contribution is -1.97. The number of aromatic nitrogens is 2. The van der Waals surface area contributed by atoms with Gasteiger partial charge in [0.15, 0.2) is 5.69 Å². The van der Waals surface area contributed by atoms with E-state index in [1.165, 1.54) is 11.1 Å². The van der Waals surface area contributed by atoms with Crippen molar-refractivity contribution in [3.63, 3.8) is 0 Å². The first-order valence-corrected chi connectivity index (χ1v) is 5.66. The van der Waals surface area contributed by atoms with Crippen molar-refractivity contribution >= 4 is 0 Å². The van der Waals surface area contributed by atoms with Crippen LogP contribution in [0.1, 0.15) is 16.8 Å². The molecular formula is C14H15N3O. The highest BCUT2D eigenvalue weighted by atomic mass is 16.5. The van der Waals surface area contributed by atoms with E-state index in [2.05, 4.69) is 18.1 Å². The number of nitrogens with zero attached hydrogens (tertiary/aromatic N) is 3. The van der Waals surface area contributed by atoms with Gasteiger partial charge >= 0.3 is 0 Å². The first-order chi connectivity index (χ1) is 8.56. The highest BCUT2D eigenvalue weighted by Gasteiger charge is 2.13. The fourth-order valence-corrected chi connectivity index (χ4v) is 1.93. The largest absolute Gasteiger partial charge is 0.496 e. The Labute approximate surface area is 106 Å². The van der Waals surface area contributed by atoms with E-state index < -0.39 is 0 Å². The molecule has 4 heteroatoms. The number of hydrogen-bond donors (Lipinski definition) is 0. The van der Waals surface area contributed by atoms with Crippen molar-refractivity contribution in [1.29, 1.82) is 5.26 Å². The molecule has 2 rings (SSSR count). The molecule has 0 fully saturated rings. The second-order valence-corrected chi connectivity index (χ2v) is 4.29. The standard InChI is InChI=1S/C14H15N3O/c1-9-5-12(14(18-4)6-10(9)2)13-7-11(8-15)16-17(13)3/h5-7H,1-4H3. The van der Waals surface area contributed by atoms with E-state index in [9.17, 15) is 0 Å². The Morgan fingerprint density at radius 2 is 1.89 bits per heavy atom. The van der Waals surface area contributed by atoms with Crippen molar-refractivity contribution in [3.8, 4) is 23.1 Å². The summed E-state index contributed by atoms with van der Waals surface area (Å²) in [6.45, 7) is 4.10. The van der Waals surface area contributed by atoms with Crippen molar-refractivity contribution in [3.05, 3.63) is 35.0 Å². The predicted molar refractivity (Wildman–Crippen MR) is 69.4 cm³/mol. The van der Waals surface area contributed by atoms with Crippen LogP contribution in [0.4, 0.5) is 0 Å². The zero-order chi connectivity index (χ0) is 13.3. The van der Waals surface area contributed by atoms with E-state index in [0.717, 1.165) is 17.0 Å². The summed E-state index contributed by atoms with van der Waals surface area (Å²) in [6, 6.07) is 7.88. The summed E-state index contributed by atoms with van der Waals surface area (Å²) in [6.07, 6.45) is 0. The summed E-state index contributed by atoms with van der Waals surface area (Å²) in [7, 11) is 3.47. The number of ether oxygens (including phenoxy) is 1. The third-order valence-corrected chi connectivity index (χ3v) is 3.09. The molecule has 0 bridgehead atoms. The molecule has 0 N–H and O–H groups in total. The van der Waals surface area contributed by atoms with Gasteiger partial charge < -0.3 is 4.74 Å². The Kier molecular flexibility index (Phi) is 3.07. The van der Waals surface area contributed by atoms with Gasteiger partial charge in [0.25, 0.3) is 0 Å². The molecule has 1 heterocycles. The maximum Gasteiger partial charge on any atom is 0.163 e. The van der Waals surface area contributed by atoms with Gasteiger partial charge in [0.05, 0.1) is 12.8 Å². The number of nitriles is 1. The zero-order valence-corrected chi connectivity index (χ0v) is 11.0. The molecule has 0 saturated carbocycles.